The van der Waals surface area contributed by atoms with E-state index in [2.05, 4.69) is 0 Å². The molecule has 0 unspecified atom stereocenters. The molecule has 1 aliphatic heterocycles. The van der Waals surface area contributed by atoms with E-state index in [1.165, 1.54) is 6.07 Å². The molecule has 0 aromatic heterocycles. The molecular weight excluding hydrogens is 463 g/mol. The molecule has 1 saturated heterocycles. The maximum atomic E-state index is 13.3. The van der Waals surface area contributed by atoms with Gasteiger partial charge in [-0.25, -0.2) is 13.2 Å². The van der Waals surface area contributed by atoms with E-state index in [0.29, 0.717) is 6.07 Å². The summed E-state index contributed by atoms with van der Waals surface area (Å²) in [6, 6.07) is 2.75. The first kappa shape index (κ1) is 25.4. The largest absolute Gasteiger partial charge is 0.444 e. The summed E-state index contributed by atoms with van der Waals surface area (Å²) in [6.45, 7) is 3.72. The first-order valence-corrected chi connectivity index (χ1v) is 12.5. The molecular formula is C18H24F3NO7S2. The highest BCUT2D eigenvalue weighted by Gasteiger charge is 2.46. The third-order valence-corrected chi connectivity index (χ3v) is 7.17. The highest BCUT2D eigenvalue weighted by Crippen LogP contribution is 2.37. The van der Waals surface area contributed by atoms with Crippen LogP contribution in [0.15, 0.2) is 29.2 Å². The number of hydrogen-bond acceptors (Lipinski definition) is 7. The van der Waals surface area contributed by atoms with Crippen LogP contribution in [0.25, 0.3) is 0 Å². The maximum Gasteiger partial charge on any atom is 0.417 e. The number of alkyl halides is 3. The summed E-state index contributed by atoms with van der Waals surface area (Å²) in [5.41, 5.74) is -2.24. The maximum absolute atomic E-state index is 13.3. The van der Waals surface area contributed by atoms with Gasteiger partial charge in [-0.05, 0) is 39.3 Å². The van der Waals surface area contributed by atoms with Crippen LogP contribution in [0.2, 0.25) is 0 Å². The van der Waals surface area contributed by atoms with E-state index in [-0.39, 0.29) is 6.42 Å². The molecule has 8 nitrogen and oxygen atoms in total. The van der Waals surface area contributed by atoms with E-state index in [0.717, 1.165) is 23.3 Å². The summed E-state index contributed by atoms with van der Waals surface area (Å²) in [5.74, 6) is 0. The van der Waals surface area contributed by atoms with Crippen molar-refractivity contribution in [2.75, 3.05) is 19.4 Å². The zero-order valence-electron chi connectivity index (χ0n) is 17.3. The Balaban J connectivity index is 2.40. The predicted octanol–water partition coefficient (Wildman–Crippen LogP) is 2.83. The fourth-order valence-electron chi connectivity index (χ4n) is 3.13. The Bertz CT molecular complexity index is 1030. The second-order valence-electron chi connectivity index (χ2n) is 8.17. The van der Waals surface area contributed by atoms with Gasteiger partial charge in [0.25, 0.3) is 10.1 Å². The third-order valence-electron chi connectivity index (χ3n) is 4.42. The van der Waals surface area contributed by atoms with Crippen LogP contribution in [0, 0.1) is 0 Å². The van der Waals surface area contributed by atoms with E-state index < -0.39 is 72.7 Å². The number of halogens is 3. The number of carbonyl (C=O) groups is 1. The van der Waals surface area contributed by atoms with Crippen LogP contribution in [0.3, 0.4) is 0 Å². The van der Waals surface area contributed by atoms with Gasteiger partial charge in [0.15, 0.2) is 9.84 Å². The minimum Gasteiger partial charge on any atom is -0.444 e. The molecule has 1 aromatic carbocycles. The zero-order chi connectivity index (χ0) is 23.8. The van der Waals surface area contributed by atoms with Gasteiger partial charge in [0.05, 0.1) is 34.6 Å². The molecule has 0 bridgehead atoms. The van der Waals surface area contributed by atoms with Crippen molar-refractivity contribution >= 4 is 26.0 Å². The van der Waals surface area contributed by atoms with E-state index in [1.54, 1.807) is 20.8 Å². The molecule has 1 aromatic rings. The molecule has 0 N–H and O–H groups in total. The summed E-state index contributed by atoms with van der Waals surface area (Å²) >= 11 is 0. The topological polar surface area (TPSA) is 107 Å². The van der Waals surface area contributed by atoms with Crippen molar-refractivity contribution in [3.8, 4) is 0 Å². The molecule has 0 radical (unpaired) electrons. The van der Waals surface area contributed by atoms with Gasteiger partial charge in [0.1, 0.15) is 5.60 Å². The Morgan fingerprint density at radius 3 is 2.23 bits per heavy atom. The minimum absolute atomic E-state index is 0.316. The Labute approximate surface area is 179 Å². The van der Waals surface area contributed by atoms with Crippen LogP contribution in [-0.2, 0) is 35.1 Å². The lowest BCUT2D eigenvalue weighted by molar-refractivity contribution is -0.139. The summed E-state index contributed by atoms with van der Waals surface area (Å²) in [4.78, 5) is 12.6. The van der Waals surface area contributed by atoms with Crippen LogP contribution < -0.4 is 0 Å². The molecule has 0 spiro atoms. The first-order chi connectivity index (χ1) is 13.9. The van der Waals surface area contributed by atoms with Gasteiger partial charge in [-0.3, -0.25) is 4.18 Å². The molecule has 0 aliphatic carbocycles. The second-order valence-corrected chi connectivity index (χ2v) is 12.0. The van der Waals surface area contributed by atoms with Crippen molar-refractivity contribution in [3.05, 3.63) is 29.8 Å². The fraction of sp³-hybridized carbons (Fsp3) is 0.611. The number of nitrogens with zero attached hydrogens (tertiary/aromatic N) is 1. The van der Waals surface area contributed by atoms with E-state index in [4.69, 9.17) is 8.92 Å². The van der Waals surface area contributed by atoms with Crippen LogP contribution in [-0.4, -0.2) is 64.1 Å². The van der Waals surface area contributed by atoms with Crippen molar-refractivity contribution in [3.63, 3.8) is 0 Å². The van der Waals surface area contributed by atoms with Gasteiger partial charge in [-0.1, -0.05) is 12.1 Å². The molecule has 31 heavy (non-hydrogen) atoms. The zero-order valence-corrected chi connectivity index (χ0v) is 19.0. The number of hydrogen-bond donors (Lipinski definition) is 0. The summed E-state index contributed by atoms with van der Waals surface area (Å²) in [6.07, 6.45) is -5.35. The Hall–Kier alpha value is -1.86. The molecule has 1 aliphatic rings. The van der Waals surface area contributed by atoms with E-state index in [9.17, 15) is 34.8 Å². The lowest BCUT2D eigenvalue weighted by Gasteiger charge is -2.28. The predicted molar refractivity (Wildman–Crippen MR) is 105 cm³/mol. The molecule has 1 fully saturated rings. The average molecular weight is 488 g/mol. The van der Waals surface area contributed by atoms with Crippen LogP contribution >= 0.6 is 0 Å². The quantitative estimate of drug-likeness (QED) is 0.588. The van der Waals surface area contributed by atoms with Crippen molar-refractivity contribution in [1.82, 2.24) is 4.90 Å². The average Bonchev–Trinajstić information content (AvgIpc) is 3.02. The summed E-state index contributed by atoms with van der Waals surface area (Å²) < 4.78 is 98.8. The number of ether oxygens (including phenoxy) is 1. The van der Waals surface area contributed by atoms with E-state index >= 15 is 0 Å². The highest BCUT2D eigenvalue weighted by molar-refractivity contribution is 7.92. The lowest BCUT2D eigenvalue weighted by atomic mass is 10.2. The molecule has 2 rings (SSSR count). The number of carbonyl (C=O) groups excluding carboxylic acids is 1. The molecule has 2 atom stereocenters. The normalized spacial score (nSPS) is 20.7. The molecule has 1 heterocycles. The number of sulfone groups is 1. The van der Waals surface area contributed by atoms with Gasteiger partial charge in [-0.2, -0.15) is 21.6 Å². The minimum atomic E-state index is -4.90. The van der Waals surface area contributed by atoms with Crippen LogP contribution in [0.5, 0.6) is 0 Å². The van der Waals surface area contributed by atoms with Gasteiger partial charge >= 0.3 is 12.3 Å². The second kappa shape index (κ2) is 8.58. The molecule has 0 saturated carbocycles. The monoisotopic (exact) mass is 487 g/mol. The number of rotatable bonds is 5. The van der Waals surface area contributed by atoms with Gasteiger partial charge in [0, 0.05) is 6.54 Å². The Morgan fingerprint density at radius 1 is 1.13 bits per heavy atom. The number of likely N-dealkylation sites (tertiary alicyclic amines) is 1. The van der Waals surface area contributed by atoms with E-state index in [1.807, 2.05) is 0 Å². The standard InChI is InChI=1S/C18H24F3NO7S2/c1-17(2,3)29-16(23)22-10-13(9-12(22)11-28-30(4,24)25)31(26,27)15-8-6-5-7-14(15)18(19,20)21/h5-8,12-13H,9-11H2,1-4H3/t12-,13+/m1/s1. The van der Waals surface area contributed by atoms with Crippen LogP contribution in [0.4, 0.5) is 18.0 Å². The highest BCUT2D eigenvalue weighted by atomic mass is 32.2. The van der Waals surface area contributed by atoms with Gasteiger partial charge < -0.3 is 9.64 Å². The van der Waals surface area contributed by atoms with Crippen LogP contribution in [0.1, 0.15) is 32.8 Å². The van der Waals surface area contributed by atoms with Crippen molar-refractivity contribution in [2.45, 2.75) is 55.2 Å². The SMILES string of the molecule is CC(C)(C)OC(=O)N1C[C@@H](S(=O)(=O)c2ccccc2C(F)(F)F)C[C@@H]1COS(C)(=O)=O. The van der Waals surface area contributed by atoms with Gasteiger partial charge in [-0.15, -0.1) is 0 Å². The summed E-state index contributed by atoms with van der Waals surface area (Å²) in [7, 11) is -8.43. The fourth-order valence-corrected chi connectivity index (χ4v) is 5.49. The smallest absolute Gasteiger partial charge is 0.417 e. The van der Waals surface area contributed by atoms with Crippen molar-refractivity contribution < 1.29 is 43.7 Å². The summed E-state index contributed by atoms with van der Waals surface area (Å²) in [5, 5.41) is -1.41. The molecule has 13 heteroatoms. The first-order valence-electron chi connectivity index (χ1n) is 9.16. The Kier molecular flexibility index (Phi) is 7.03. The third kappa shape index (κ3) is 6.56. The van der Waals surface area contributed by atoms with Crippen molar-refractivity contribution in [1.29, 1.82) is 0 Å². The molecule has 1 amide bonds. The van der Waals surface area contributed by atoms with Gasteiger partial charge in [0.2, 0.25) is 0 Å². The Morgan fingerprint density at radius 2 is 1.71 bits per heavy atom. The number of benzene rings is 1. The van der Waals surface area contributed by atoms with Crippen molar-refractivity contribution in [2.24, 2.45) is 0 Å². The number of amides is 1. The molecule has 176 valence electrons. The lowest BCUT2D eigenvalue weighted by Crippen LogP contribution is -2.42.